The number of fused-ring (bicyclic) bond motifs is 5. The van der Waals surface area contributed by atoms with Crippen LogP contribution in [-0.2, 0) is 0 Å². The van der Waals surface area contributed by atoms with Crippen LogP contribution >= 0.6 is 0 Å². The average Bonchev–Trinajstić information content (AvgIpc) is 3.12. The van der Waals surface area contributed by atoms with Gasteiger partial charge in [0.1, 0.15) is 0 Å². The second-order valence-electron chi connectivity index (χ2n) is 13.7. The molecule has 0 bridgehead atoms. The van der Waals surface area contributed by atoms with E-state index in [0.29, 0.717) is 11.8 Å². The monoisotopic (exact) mass is 622 g/mol. The fraction of sp³-hybridized carbons (Fsp3) is 0.174. The van der Waals surface area contributed by atoms with Crippen LogP contribution in [0.25, 0.3) is 11.3 Å². The lowest BCUT2D eigenvalue weighted by Crippen LogP contribution is -2.45. The molecule has 5 aromatic rings. The van der Waals surface area contributed by atoms with Gasteiger partial charge in [0.25, 0.3) is 0 Å². The van der Waals surface area contributed by atoms with Crippen molar-refractivity contribution in [1.29, 1.82) is 0 Å². The maximum Gasteiger partial charge on any atom is 0.0597 e. The fourth-order valence-electron chi connectivity index (χ4n) is 7.80. The third-order valence-electron chi connectivity index (χ3n) is 10.3. The van der Waals surface area contributed by atoms with Gasteiger partial charge in [0.05, 0.1) is 11.7 Å². The Kier molecular flexibility index (Phi) is 7.73. The van der Waals surface area contributed by atoms with Crippen LogP contribution in [0.1, 0.15) is 33.4 Å². The number of benzene rings is 5. The van der Waals surface area contributed by atoms with Gasteiger partial charge in [0.2, 0.25) is 0 Å². The topological polar surface area (TPSA) is 6.48 Å². The molecule has 0 saturated heterocycles. The molecule has 236 valence electrons. The van der Waals surface area contributed by atoms with E-state index in [9.17, 15) is 0 Å². The summed E-state index contributed by atoms with van der Waals surface area (Å²) in [6.07, 6.45) is 14.6. The van der Waals surface area contributed by atoms with Crippen molar-refractivity contribution >= 4 is 34.0 Å². The highest BCUT2D eigenvalue weighted by molar-refractivity contribution is 5.96. The summed E-state index contributed by atoms with van der Waals surface area (Å²) in [6.45, 7) is 8.64. The molecule has 0 aromatic heterocycles. The summed E-state index contributed by atoms with van der Waals surface area (Å²) in [4.78, 5) is 5.03. The molecule has 0 saturated carbocycles. The number of aryl methyl sites for hydroxylation is 4. The maximum absolute atomic E-state index is 2.59. The number of anilines is 4. The van der Waals surface area contributed by atoms with Gasteiger partial charge < -0.3 is 9.80 Å². The van der Waals surface area contributed by atoms with Gasteiger partial charge in [0.15, 0.2) is 0 Å². The first-order valence-electron chi connectivity index (χ1n) is 17.2. The molecule has 4 atom stereocenters. The Hall–Kier alpha value is -5.34. The molecule has 0 N–H and O–H groups in total. The molecular weight excluding hydrogens is 581 g/mol. The molecule has 3 aliphatic carbocycles. The molecule has 48 heavy (non-hydrogen) atoms. The van der Waals surface area contributed by atoms with E-state index in [1.54, 1.807) is 0 Å². The van der Waals surface area contributed by atoms with Gasteiger partial charge in [-0.05, 0) is 93.3 Å². The highest BCUT2D eigenvalue weighted by atomic mass is 15.2. The van der Waals surface area contributed by atoms with Gasteiger partial charge in [-0.3, -0.25) is 0 Å². The Bertz CT molecular complexity index is 1970. The highest BCUT2D eigenvalue weighted by Gasteiger charge is 2.43. The van der Waals surface area contributed by atoms with Crippen molar-refractivity contribution < 1.29 is 0 Å². The zero-order valence-electron chi connectivity index (χ0n) is 28.2. The smallest absolute Gasteiger partial charge is 0.0597 e. The van der Waals surface area contributed by atoms with Gasteiger partial charge in [-0.1, -0.05) is 132 Å². The largest absolute Gasteiger partial charge is 0.334 e. The molecule has 0 aliphatic heterocycles. The van der Waals surface area contributed by atoms with Crippen LogP contribution in [0.4, 0.5) is 22.7 Å². The molecule has 2 heteroatoms. The van der Waals surface area contributed by atoms with Gasteiger partial charge >= 0.3 is 0 Å². The Morgan fingerprint density at radius 3 is 1.38 bits per heavy atom. The number of rotatable bonds is 6. The van der Waals surface area contributed by atoms with Crippen LogP contribution in [-0.4, -0.2) is 6.04 Å². The summed E-state index contributed by atoms with van der Waals surface area (Å²) in [6, 6.07) is 45.2. The summed E-state index contributed by atoms with van der Waals surface area (Å²) < 4.78 is 0. The van der Waals surface area contributed by atoms with E-state index in [-0.39, 0.29) is 12.0 Å². The molecular formula is C46H42N2. The van der Waals surface area contributed by atoms with Crippen molar-refractivity contribution in [3.05, 3.63) is 191 Å². The molecule has 0 heterocycles. The zero-order chi connectivity index (χ0) is 32.8. The second kappa shape index (κ2) is 12.4. The van der Waals surface area contributed by atoms with Crippen LogP contribution in [0.2, 0.25) is 0 Å². The van der Waals surface area contributed by atoms with E-state index in [2.05, 4.69) is 195 Å². The third kappa shape index (κ3) is 5.42. The first kappa shape index (κ1) is 30.0. The summed E-state index contributed by atoms with van der Waals surface area (Å²) in [7, 11) is 0. The van der Waals surface area contributed by atoms with Gasteiger partial charge in [-0.2, -0.15) is 0 Å². The molecule has 5 aromatic carbocycles. The minimum atomic E-state index is 0.140. The first-order chi connectivity index (χ1) is 23.4. The van der Waals surface area contributed by atoms with Crippen molar-refractivity contribution in [1.82, 2.24) is 0 Å². The van der Waals surface area contributed by atoms with Crippen molar-refractivity contribution in [2.75, 3.05) is 9.80 Å². The minimum Gasteiger partial charge on any atom is -0.334 e. The number of nitrogens with zero attached hydrogens (tertiary/aromatic N) is 2. The molecule has 8 rings (SSSR count). The SMILES string of the molecule is Cc1ccc(N(C2=CC3C(=CC(N(c4ccc(C)cc4)c4ccc(C)cc4)C4C=CC=CC34)c3ccccc32)c2ccc(C)cc2)cc1. The van der Waals surface area contributed by atoms with Gasteiger partial charge in [-0.25, -0.2) is 0 Å². The van der Waals surface area contributed by atoms with E-state index in [4.69, 9.17) is 0 Å². The molecule has 4 unspecified atom stereocenters. The first-order valence-corrected chi connectivity index (χ1v) is 17.2. The number of allylic oxidation sites excluding steroid dienone is 5. The highest BCUT2D eigenvalue weighted by Crippen LogP contribution is 2.52. The summed E-state index contributed by atoms with van der Waals surface area (Å²) in [5.41, 5.74) is 15.1. The van der Waals surface area contributed by atoms with Gasteiger partial charge in [-0.15, -0.1) is 0 Å². The standard InChI is InChI=1S/C46H42N2/c1-31-13-21-35(22-14-31)47(36-23-15-32(2)16-24-36)45-29-43-40-10-6-8-12-42(40)46(30-44(43)39-9-5-7-11-41(39)45)48(37-25-17-33(3)18-26-37)38-27-19-34(4)20-28-38/h5-30,39,41,44-45H,1-4H3. The molecule has 0 fully saturated rings. The summed E-state index contributed by atoms with van der Waals surface area (Å²) in [5.74, 6) is 0.828. The van der Waals surface area contributed by atoms with Crippen molar-refractivity contribution in [3.8, 4) is 0 Å². The predicted octanol–water partition coefficient (Wildman–Crippen LogP) is 11.7. The number of hydrogen-bond acceptors (Lipinski definition) is 2. The summed E-state index contributed by atoms with van der Waals surface area (Å²) >= 11 is 0. The Morgan fingerprint density at radius 1 is 0.438 bits per heavy atom. The minimum absolute atomic E-state index is 0.140. The van der Waals surface area contributed by atoms with Crippen molar-refractivity contribution in [2.24, 2.45) is 17.8 Å². The lowest BCUT2D eigenvalue weighted by molar-refractivity contribution is 0.370. The van der Waals surface area contributed by atoms with E-state index in [1.807, 2.05) is 0 Å². The van der Waals surface area contributed by atoms with Crippen LogP contribution in [0.15, 0.2) is 158 Å². The van der Waals surface area contributed by atoms with Gasteiger partial charge in [0, 0.05) is 40.1 Å². The third-order valence-corrected chi connectivity index (χ3v) is 10.3. The molecule has 0 amide bonds. The van der Waals surface area contributed by atoms with Crippen LogP contribution in [0, 0.1) is 45.4 Å². The van der Waals surface area contributed by atoms with Crippen molar-refractivity contribution in [3.63, 3.8) is 0 Å². The van der Waals surface area contributed by atoms with E-state index >= 15 is 0 Å². The summed E-state index contributed by atoms with van der Waals surface area (Å²) in [5, 5.41) is 0. The van der Waals surface area contributed by atoms with Crippen LogP contribution in [0.5, 0.6) is 0 Å². The zero-order valence-corrected chi connectivity index (χ0v) is 28.2. The Labute approximate surface area is 285 Å². The molecule has 2 nitrogen and oxygen atoms in total. The average molecular weight is 623 g/mol. The van der Waals surface area contributed by atoms with Crippen LogP contribution < -0.4 is 9.80 Å². The lowest BCUT2D eigenvalue weighted by atomic mass is 9.64. The Morgan fingerprint density at radius 2 is 0.875 bits per heavy atom. The quantitative estimate of drug-likeness (QED) is 0.186. The maximum atomic E-state index is 2.59. The normalized spacial score (nSPS) is 20.6. The molecule has 3 aliphatic rings. The van der Waals surface area contributed by atoms with Crippen molar-refractivity contribution in [2.45, 2.75) is 33.7 Å². The number of hydrogen-bond donors (Lipinski definition) is 0. The van der Waals surface area contributed by atoms with E-state index in [1.165, 1.54) is 67.4 Å². The Balaban J connectivity index is 1.33. The molecule has 0 radical (unpaired) electrons. The van der Waals surface area contributed by atoms with E-state index in [0.717, 1.165) is 0 Å². The van der Waals surface area contributed by atoms with Crippen LogP contribution in [0.3, 0.4) is 0 Å². The second-order valence-corrected chi connectivity index (χ2v) is 13.7. The fourth-order valence-corrected chi connectivity index (χ4v) is 7.80. The molecule has 0 spiro atoms. The predicted molar refractivity (Wildman–Crippen MR) is 204 cm³/mol. The lowest BCUT2D eigenvalue weighted by Gasteiger charge is -2.47. The van der Waals surface area contributed by atoms with E-state index < -0.39 is 0 Å².